The van der Waals surface area contributed by atoms with E-state index in [-0.39, 0.29) is 0 Å². The number of H-pyrrole nitrogens is 1. The Hall–Kier alpha value is -2.62. The third-order valence-corrected chi connectivity index (χ3v) is 2.91. The SMILES string of the molecule is Cc1ccc(-c2oc(=O)[nH][n+]2-c2ccccc2)cc1. The van der Waals surface area contributed by atoms with Crippen LogP contribution in [0.4, 0.5) is 0 Å². The molecule has 4 heteroatoms. The van der Waals surface area contributed by atoms with Crippen molar-refractivity contribution in [2.24, 2.45) is 0 Å². The van der Waals surface area contributed by atoms with Crippen molar-refractivity contribution in [1.82, 2.24) is 5.10 Å². The molecule has 0 fully saturated rings. The van der Waals surface area contributed by atoms with Gasteiger partial charge in [0.25, 0.3) is 0 Å². The molecule has 0 saturated heterocycles. The number of hydrogen-bond donors (Lipinski definition) is 1. The lowest BCUT2D eigenvalue weighted by Crippen LogP contribution is -2.36. The molecule has 2 aromatic carbocycles. The van der Waals surface area contributed by atoms with Crippen molar-refractivity contribution < 1.29 is 9.10 Å². The molecule has 4 nitrogen and oxygen atoms in total. The second-order valence-corrected chi connectivity index (χ2v) is 4.34. The highest BCUT2D eigenvalue weighted by Crippen LogP contribution is 2.15. The van der Waals surface area contributed by atoms with Gasteiger partial charge in [0.05, 0.1) is 5.56 Å². The topological polar surface area (TPSA) is 49.9 Å². The van der Waals surface area contributed by atoms with E-state index in [0.717, 1.165) is 16.8 Å². The summed E-state index contributed by atoms with van der Waals surface area (Å²) >= 11 is 0. The van der Waals surface area contributed by atoms with Gasteiger partial charge in [0.1, 0.15) is 0 Å². The summed E-state index contributed by atoms with van der Waals surface area (Å²) in [5, 5.41) is 2.67. The zero-order valence-corrected chi connectivity index (χ0v) is 10.5. The molecule has 1 heterocycles. The number of rotatable bonds is 2. The lowest BCUT2D eigenvalue weighted by Gasteiger charge is -1.95. The fraction of sp³-hybridized carbons (Fsp3) is 0.0667. The third kappa shape index (κ3) is 2.20. The minimum Gasteiger partial charge on any atom is -0.348 e. The van der Waals surface area contributed by atoms with Crippen molar-refractivity contribution >= 4 is 0 Å². The van der Waals surface area contributed by atoms with Gasteiger partial charge in [-0.2, -0.15) is 0 Å². The monoisotopic (exact) mass is 253 g/mol. The molecule has 0 aliphatic heterocycles. The molecular formula is C15H13N2O2+. The summed E-state index contributed by atoms with van der Waals surface area (Å²) < 4.78 is 6.89. The lowest BCUT2D eigenvalue weighted by atomic mass is 10.1. The van der Waals surface area contributed by atoms with Crippen LogP contribution in [0.25, 0.3) is 17.1 Å². The van der Waals surface area contributed by atoms with Crippen molar-refractivity contribution in [1.29, 1.82) is 0 Å². The fourth-order valence-corrected chi connectivity index (χ4v) is 1.94. The number of aromatic nitrogens is 2. The highest BCUT2D eigenvalue weighted by atomic mass is 16.4. The van der Waals surface area contributed by atoms with Crippen LogP contribution in [0.15, 0.2) is 63.8 Å². The molecule has 0 amide bonds. The molecule has 19 heavy (non-hydrogen) atoms. The number of aromatic amines is 1. The van der Waals surface area contributed by atoms with E-state index in [0.29, 0.717) is 5.89 Å². The molecule has 0 atom stereocenters. The van der Waals surface area contributed by atoms with E-state index in [2.05, 4.69) is 5.10 Å². The minimum absolute atomic E-state index is 0.473. The predicted molar refractivity (Wildman–Crippen MR) is 71.0 cm³/mol. The van der Waals surface area contributed by atoms with Crippen LogP contribution in [-0.2, 0) is 0 Å². The number of nitrogens with zero attached hydrogens (tertiary/aromatic N) is 1. The molecule has 94 valence electrons. The number of hydrogen-bond acceptors (Lipinski definition) is 2. The second kappa shape index (κ2) is 4.57. The molecule has 0 aliphatic rings. The van der Waals surface area contributed by atoms with Gasteiger partial charge in [0.2, 0.25) is 5.69 Å². The van der Waals surface area contributed by atoms with Crippen LogP contribution in [0.5, 0.6) is 0 Å². The van der Waals surface area contributed by atoms with Crippen LogP contribution in [0.1, 0.15) is 5.56 Å². The summed E-state index contributed by atoms with van der Waals surface area (Å²) in [6, 6.07) is 17.4. The van der Waals surface area contributed by atoms with Gasteiger partial charge in [-0.1, -0.05) is 41.0 Å². The summed E-state index contributed by atoms with van der Waals surface area (Å²) in [5.41, 5.74) is 2.87. The normalized spacial score (nSPS) is 10.6. The molecule has 1 N–H and O–H groups in total. The molecule has 1 aromatic heterocycles. The maximum atomic E-state index is 11.5. The zero-order chi connectivity index (χ0) is 13.2. The van der Waals surface area contributed by atoms with Gasteiger partial charge in [-0.15, -0.1) is 0 Å². The summed E-state index contributed by atoms with van der Waals surface area (Å²) in [7, 11) is 0. The quantitative estimate of drug-likeness (QED) is 0.712. The van der Waals surface area contributed by atoms with Crippen LogP contribution in [0, 0.1) is 6.92 Å². The fourth-order valence-electron chi connectivity index (χ4n) is 1.94. The summed E-state index contributed by atoms with van der Waals surface area (Å²) in [5.74, 6) is 0.0237. The maximum Gasteiger partial charge on any atom is 0.471 e. The number of benzene rings is 2. The summed E-state index contributed by atoms with van der Waals surface area (Å²) in [4.78, 5) is 11.5. The Morgan fingerprint density at radius 1 is 1.00 bits per heavy atom. The Balaban J connectivity index is 2.17. The molecule has 0 radical (unpaired) electrons. The molecular weight excluding hydrogens is 240 g/mol. The van der Waals surface area contributed by atoms with E-state index in [9.17, 15) is 4.79 Å². The van der Waals surface area contributed by atoms with E-state index in [4.69, 9.17) is 4.42 Å². The average molecular weight is 253 g/mol. The van der Waals surface area contributed by atoms with E-state index in [1.807, 2.05) is 61.5 Å². The smallest absolute Gasteiger partial charge is 0.348 e. The Kier molecular flexibility index (Phi) is 2.76. The first-order chi connectivity index (χ1) is 9.24. The Morgan fingerprint density at radius 2 is 1.68 bits per heavy atom. The zero-order valence-electron chi connectivity index (χ0n) is 10.5. The highest BCUT2D eigenvalue weighted by Gasteiger charge is 2.22. The predicted octanol–water partition coefficient (Wildman–Crippen LogP) is 2.22. The highest BCUT2D eigenvalue weighted by molar-refractivity contribution is 5.51. The molecule has 0 bridgehead atoms. The van der Waals surface area contributed by atoms with Gasteiger partial charge in [0.15, 0.2) is 0 Å². The van der Waals surface area contributed by atoms with Crippen LogP contribution in [0.3, 0.4) is 0 Å². The Morgan fingerprint density at radius 3 is 2.37 bits per heavy atom. The van der Waals surface area contributed by atoms with Crippen molar-refractivity contribution in [3.63, 3.8) is 0 Å². The number of nitrogens with one attached hydrogen (secondary N) is 1. The van der Waals surface area contributed by atoms with Gasteiger partial charge < -0.3 is 4.42 Å². The molecule has 0 unspecified atom stereocenters. The van der Waals surface area contributed by atoms with E-state index in [1.54, 1.807) is 4.68 Å². The van der Waals surface area contributed by atoms with Gasteiger partial charge in [0, 0.05) is 12.1 Å². The van der Waals surface area contributed by atoms with E-state index < -0.39 is 5.76 Å². The average Bonchev–Trinajstić information content (AvgIpc) is 2.83. The van der Waals surface area contributed by atoms with Gasteiger partial charge in [-0.05, 0) is 23.7 Å². The second-order valence-electron chi connectivity index (χ2n) is 4.34. The number of aryl methyl sites for hydroxylation is 1. The van der Waals surface area contributed by atoms with Crippen LogP contribution in [-0.4, -0.2) is 5.10 Å². The standard InChI is InChI=1S/C15H12N2O2/c1-11-7-9-12(10-8-11)14-17(16-15(18)19-14)13-5-3-2-4-6-13/h2-10H,1H3/p+1. The van der Waals surface area contributed by atoms with Crippen molar-refractivity contribution in [2.75, 3.05) is 0 Å². The first-order valence-electron chi connectivity index (χ1n) is 6.02. The van der Waals surface area contributed by atoms with Gasteiger partial charge in [-0.25, -0.2) is 4.79 Å². The van der Waals surface area contributed by atoms with Crippen LogP contribution in [0.2, 0.25) is 0 Å². The van der Waals surface area contributed by atoms with Gasteiger partial charge >= 0.3 is 11.6 Å². The Bertz CT molecular complexity index is 740. The van der Waals surface area contributed by atoms with Crippen molar-refractivity contribution in [3.05, 3.63) is 70.7 Å². The van der Waals surface area contributed by atoms with Crippen molar-refractivity contribution in [2.45, 2.75) is 6.92 Å². The summed E-state index contributed by atoms with van der Waals surface area (Å²) in [6.07, 6.45) is 0. The molecule has 0 saturated carbocycles. The molecule has 0 spiro atoms. The van der Waals surface area contributed by atoms with Crippen LogP contribution >= 0.6 is 0 Å². The number of para-hydroxylation sites is 1. The maximum absolute atomic E-state index is 11.5. The Labute approximate surface area is 109 Å². The third-order valence-electron chi connectivity index (χ3n) is 2.91. The first kappa shape index (κ1) is 11.5. The van der Waals surface area contributed by atoms with Crippen LogP contribution < -0.4 is 10.4 Å². The first-order valence-corrected chi connectivity index (χ1v) is 6.02. The summed E-state index contributed by atoms with van der Waals surface area (Å²) in [6.45, 7) is 2.02. The largest absolute Gasteiger partial charge is 0.471 e. The molecule has 3 rings (SSSR count). The molecule has 0 aliphatic carbocycles. The van der Waals surface area contributed by atoms with Gasteiger partial charge in [-0.3, -0.25) is 0 Å². The minimum atomic E-state index is -0.473. The lowest BCUT2D eigenvalue weighted by molar-refractivity contribution is -0.649. The van der Waals surface area contributed by atoms with E-state index >= 15 is 0 Å². The van der Waals surface area contributed by atoms with E-state index in [1.165, 1.54) is 0 Å². The molecule has 3 aromatic rings. The van der Waals surface area contributed by atoms with Crippen molar-refractivity contribution in [3.8, 4) is 17.1 Å².